The summed E-state index contributed by atoms with van der Waals surface area (Å²) in [5, 5.41) is 1.11. The molecule has 0 spiro atoms. The zero-order valence-electron chi connectivity index (χ0n) is 19.3. The SMILES string of the molecule is NC1CCN(C(=O)c2ccccc2)C1C1CN(C(=O)c2sc3ccccc3c2-c2ccccc2)C1. The number of fused-ring (bicyclic) bond motifs is 1. The second kappa shape index (κ2) is 8.95. The third kappa shape index (κ3) is 3.83. The molecule has 2 saturated heterocycles. The quantitative estimate of drug-likeness (QED) is 0.452. The van der Waals surface area contributed by atoms with Gasteiger partial charge < -0.3 is 15.5 Å². The van der Waals surface area contributed by atoms with Crippen molar-refractivity contribution in [2.24, 2.45) is 11.7 Å². The predicted molar refractivity (Wildman–Crippen MR) is 141 cm³/mol. The van der Waals surface area contributed by atoms with Crippen molar-refractivity contribution in [1.29, 1.82) is 0 Å². The Balaban J connectivity index is 1.24. The Bertz CT molecular complexity index is 1380. The van der Waals surface area contributed by atoms with Crippen molar-refractivity contribution in [3.8, 4) is 11.1 Å². The average Bonchev–Trinajstić information content (AvgIpc) is 3.45. The van der Waals surface area contributed by atoms with Crippen LogP contribution in [0.3, 0.4) is 0 Å². The summed E-state index contributed by atoms with van der Waals surface area (Å²) in [5.74, 6) is 0.289. The van der Waals surface area contributed by atoms with Crippen LogP contribution in [0, 0.1) is 5.92 Å². The minimum Gasteiger partial charge on any atom is -0.337 e. The highest BCUT2D eigenvalue weighted by atomic mass is 32.1. The number of amides is 2. The number of hydrogen-bond donors (Lipinski definition) is 1. The van der Waals surface area contributed by atoms with Crippen LogP contribution in [0.4, 0.5) is 0 Å². The maximum Gasteiger partial charge on any atom is 0.264 e. The third-order valence-electron chi connectivity index (χ3n) is 7.32. The van der Waals surface area contributed by atoms with E-state index in [2.05, 4.69) is 24.3 Å². The summed E-state index contributed by atoms with van der Waals surface area (Å²) in [7, 11) is 0. The van der Waals surface area contributed by atoms with Gasteiger partial charge in [-0.3, -0.25) is 9.59 Å². The number of thiophene rings is 1. The Morgan fingerprint density at radius 2 is 1.49 bits per heavy atom. The van der Waals surface area contributed by atoms with E-state index in [1.165, 1.54) is 0 Å². The third-order valence-corrected chi connectivity index (χ3v) is 8.47. The Labute approximate surface area is 208 Å². The van der Waals surface area contributed by atoms with Crippen LogP contribution >= 0.6 is 11.3 Å². The van der Waals surface area contributed by atoms with E-state index in [1.54, 1.807) is 11.3 Å². The summed E-state index contributed by atoms with van der Waals surface area (Å²) < 4.78 is 1.12. The van der Waals surface area contributed by atoms with Crippen LogP contribution in [-0.4, -0.2) is 53.3 Å². The monoisotopic (exact) mass is 481 g/mol. The lowest BCUT2D eigenvalue weighted by Crippen LogP contribution is -2.61. The highest BCUT2D eigenvalue weighted by Crippen LogP contribution is 2.41. The molecule has 3 heterocycles. The molecule has 2 unspecified atom stereocenters. The summed E-state index contributed by atoms with van der Waals surface area (Å²) in [6.07, 6.45) is 0.794. The van der Waals surface area contributed by atoms with Gasteiger partial charge >= 0.3 is 0 Å². The number of nitrogens with two attached hydrogens (primary N) is 1. The van der Waals surface area contributed by atoms with E-state index in [0.717, 1.165) is 32.5 Å². The first-order chi connectivity index (χ1) is 17.1. The fourth-order valence-electron chi connectivity index (χ4n) is 5.55. The summed E-state index contributed by atoms with van der Waals surface area (Å²) in [6, 6.07) is 27.6. The fourth-order valence-corrected chi connectivity index (χ4v) is 6.75. The molecular weight excluding hydrogens is 454 g/mol. The Morgan fingerprint density at radius 3 is 2.23 bits per heavy atom. The topological polar surface area (TPSA) is 66.6 Å². The maximum absolute atomic E-state index is 13.7. The normalized spacial score (nSPS) is 20.3. The second-order valence-electron chi connectivity index (χ2n) is 9.45. The van der Waals surface area contributed by atoms with Crippen LogP contribution in [0.5, 0.6) is 0 Å². The lowest BCUT2D eigenvalue weighted by atomic mass is 9.87. The van der Waals surface area contributed by atoms with Gasteiger partial charge in [0.25, 0.3) is 11.8 Å². The van der Waals surface area contributed by atoms with Gasteiger partial charge in [0.05, 0.1) is 6.04 Å². The van der Waals surface area contributed by atoms with Gasteiger partial charge in [0, 0.05) is 52.8 Å². The molecule has 2 N–H and O–H groups in total. The molecule has 6 rings (SSSR count). The summed E-state index contributed by atoms with van der Waals surface area (Å²) in [6.45, 7) is 1.91. The van der Waals surface area contributed by atoms with Crippen molar-refractivity contribution in [3.63, 3.8) is 0 Å². The Morgan fingerprint density at radius 1 is 0.829 bits per heavy atom. The van der Waals surface area contributed by atoms with Gasteiger partial charge in [-0.1, -0.05) is 66.7 Å². The van der Waals surface area contributed by atoms with Gasteiger partial charge in [-0.05, 0) is 30.2 Å². The van der Waals surface area contributed by atoms with E-state index in [4.69, 9.17) is 5.73 Å². The van der Waals surface area contributed by atoms with E-state index in [1.807, 2.05) is 70.5 Å². The molecule has 1 aromatic heterocycles. The van der Waals surface area contributed by atoms with Crippen LogP contribution in [0.15, 0.2) is 84.9 Å². The van der Waals surface area contributed by atoms with Crippen LogP contribution in [0.1, 0.15) is 26.5 Å². The molecular formula is C29H27N3O2S. The number of carbonyl (C=O) groups excluding carboxylic acids is 2. The minimum absolute atomic E-state index is 0.0317. The summed E-state index contributed by atoms with van der Waals surface area (Å²) in [5.41, 5.74) is 9.25. The minimum atomic E-state index is -0.0610. The Hall–Kier alpha value is -3.48. The molecule has 2 fully saturated rings. The van der Waals surface area contributed by atoms with Crippen LogP contribution in [-0.2, 0) is 0 Å². The largest absolute Gasteiger partial charge is 0.337 e. The molecule has 176 valence electrons. The first-order valence-electron chi connectivity index (χ1n) is 12.1. The average molecular weight is 482 g/mol. The number of likely N-dealkylation sites (tertiary alicyclic amines) is 2. The molecule has 2 aliphatic heterocycles. The smallest absolute Gasteiger partial charge is 0.264 e. The number of benzene rings is 3. The molecule has 2 aliphatic rings. The van der Waals surface area contributed by atoms with Gasteiger partial charge in [-0.2, -0.15) is 0 Å². The number of rotatable bonds is 4. The molecule has 2 atom stereocenters. The first-order valence-corrected chi connectivity index (χ1v) is 12.9. The van der Waals surface area contributed by atoms with Gasteiger partial charge in [0.1, 0.15) is 4.88 Å². The fraction of sp³-hybridized carbons (Fsp3) is 0.241. The highest BCUT2D eigenvalue weighted by molar-refractivity contribution is 7.21. The lowest BCUT2D eigenvalue weighted by molar-refractivity contribution is 0.0248. The molecule has 6 heteroatoms. The van der Waals surface area contributed by atoms with E-state index in [-0.39, 0.29) is 29.8 Å². The van der Waals surface area contributed by atoms with Gasteiger partial charge in [-0.25, -0.2) is 0 Å². The molecule has 4 aromatic rings. The lowest BCUT2D eigenvalue weighted by Gasteiger charge is -2.46. The molecule has 5 nitrogen and oxygen atoms in total. The number of hydrogen-bond acceptors (Lipinski definition) is 4. The van der Waals surface area contributed by atoms with Crippen molar-refractivity contribution >= 4 is 33.2 Å². The van der Waals surface area contributed by atoms with Crippen molar-refractivity contribution in [2.75, 3.05) is 19.6 Å². The molecule has 0 saturated carbocycles. The zero-order valence-corrected chi connectivity index (χ0v) is 20.2. The van der Waals surface area contributed by atoms with E-state index >= 15 is 0 Å². The van der Waals surface area contributed by atoms with Crippen LogP contribution in [0.2, 0.25) is 0 Å². The van der Waals surface area contributed by atoms with Crippen molar-refractivity contribution < 1.29 is 9.59 Å². The van der Waals surface area contributed by atoms with E-state index in [9.17, 15) is 9.59 Å². The predicted octanol–water partition coefficient (Wildman–Crippen LogP) is 4.88. The molecule has 2 amide bonds. The Kier molecular flexibility index (Phi) is 5.63. The summed E-state index contributed by atoms with van der Waals surface area (Å²) >= 11 is 1.56. The molecule has 0 radical (unpaired) electrons. The van der Waals surface area contributed by atoms with Crippen molar-refractivity contribution in [2.45, 2.75) is 18.5 Å². The van der Waals surface area contributed by atoms with Crippen LogP contribution < -0.4 is 5.73 Å². The molecule has 35 heavy (non-hydrogen) atoms. The summed E-state index contributed by atoms with van der Waals surface area (Å²) in [4.78, 5) is 31.5. The maximum atomic E-state index is 13.7. The zero-order chi connectivity index (χ0) is 23.9. The van der Waals surface area contributed by atoms with Crippen molar-refractivity contribution in [3.05, 3.63) is 95.4 Å². The van der Waals surface area contributed by atoms with Crippen molar-refractivity contribution in [1.82, 2.24) is 9.80 Å². The van der Waals surface area contributed by atoms with E-state index in [0.29, 0.717) is 25.2 Å². The standard InChI is InChI=1S/C29H27N3O2S/c30-23-15-16-32(28(33)20-11-5-2-6-12-20)26(23)21-17-31(18-21)29(34)27-25(19-9-3-1-4-10-19)22-13-7-8-14-24(22)35-27/h1-14,21,23,26H,15-18,30H2. The second-order valence-corrected chi connectivity index (χ2v) is 10.5. The van der Waals surface area contributed by atoms with Gasteiger partial charge in [-0.15, -0.1) is 11.3 Å². The molecule has 0 bridgehead atoms. The first kappa shape index (κ1) is 22.0. The molecule has 0 aliphatic carbocycles. The molecule has 3 aromatic carbocycles. The van der Waals surface area contributed by atoms with Gasteiger partial charge in [0.2, 0.25) is 0 Å². The van der Waals surface area contributed by atoms with E-state index < -0.39 is 0 Å². The van der Waals surface area contributed by atoms with Crippen LogP contribution in [0.25, 0.3) is 21.2 Å². The van der Waals surface area contributed by atoms with Gasteiger partial charge in [0.15, 0.2) is 0 Å². The number of carbonyl (C=O) groups is 2. The number of nitrogens with zero attached hydrogens (tertiary/aromatic N) is 2. The highest BCUT2D eigenvalue weighted by Gasteiger charge is 2.46.